The average molecular weight is 455 g/mol. The first-order chi connectivity index (χ1) is 13.0. The van der Waals surface area contributed by atoms with Gasteiger partial charge in [-0.05, 0) is 18.6 Å². The van der Waals surface area contributed by atoms with E-state index in [1.165, 1.54) is 18.4 Å². The minimum Gasteiger partial charge on any atom is -0.375 e. The van der Waals surface area contributed by atoms with Crippen molar-refractivity contribution in [2.75, 3.05) is 32.1 Å². The van der Waals surface area contributed by atoms with Gasteiger partial charge >= 0.3 is 0 Å². The van der Waals surface area contributed by atoms with Gasteiger partial charge in [-0.15, -0.1) is 10.2 Å². The predicted octanol–water partition coefficient (Wildman–Crippen LogP) is 3.57. The Morgan fingerprint density at radius 3 is 2.63 bits per heavy atom. The molecule has 1 N–H and O–H groups in total. The van der Waals surface area contributed by atoms with E-state index in [0.717, 1.165) is 27.9 Å². The van der Waals surface area contributed by atoms with E-state index in [9.17, 15) is 9.59 Å². The minimum absolute atomic E-state index is 0.0261. The van der Waals surface area contributed by atoms with Crippen LogP contribution in [0, 0.1) is 0 Å². The van der Waals surface area contributed by atoms with Crippen molar-refractivity contribution in [2.45, 2.75) is 26.2 Å². The molecule has 0 aliphatic rings. The van der Waals surface area contributed by atoms with Gasteiger partial charge < -0.3 is 15.0 Å². The van der Waals surface area contributed by atoms with Crippen molar-refractivity contribution in [3.05, 3.63) is 28.7 Å². The van der Waals surface area contributed by atoms with E-state index in [1.54, 1.807) is 4.90 Å². The van der Waals surface area contributed by atoms with Crippen LogP contribution in [0.3, 0.4) is 0 Å². The summed E-state index contributed by atoms with van der Waals surface area (Å²) in [5.74, 6) is -0.299. The van der Waals surface area contributed by atoms with Crippen LogP contribution >= 0.6 is 27.3 Å². The number of aromatic nitrogens is 2. The van der Waals surface area contributed by atoms with Crippen LogP contribution in [0.15, 0.2) is 28.7 Å². The fourth-order valence-electron chi connectivity index (χ4n) is 2.33. The Morgan fingerprint density at radius 2 is 1.96 bits per heavy atom. The highest BCUT2D eigenvalue weighted by Crippen LogP contribution is 2.27. The van der Waals surface area contributed by atoms with Gasteiger partial charge in [0.25, 0.3) is 0 Å². The highest BCUT2D eigenvalue weighted by Gasteiger charge is 2.15. The van der Waals surface area contributed by atoms with Crippen molar-refractivity contribution in [1.82, 2.24) is 15.1 Å². The molecule has 0 bridgehead atoms. The number of carbonyl (C=O) groups excluding carboxylic acids is 2. The van der Waals surface area contributed by atoms with Gasteiger partial charge in [-0.25, -0.2) is 0 Å². The lowest BCUT2D eigenvalue weighted by Gasteiger charge is -2.21. The van der Waals surface area contributed by atoms with Crippen molar-refractivity contribution in [2.24, 2.45) is 0 Å². The number of nitrogens with one attached hydrogen (secondary N) is 1. The average Bonchev–Trinajstić information content (AvgIpc) is 3.11. The van der Waals surface area contributed by atoms with Crippen LogP contribution in [0.25, 0.3) is 10.6 Å². The molecular formula is C18H23BrN4O3S. The zero-order valence-electron chi connectivity index (χ0n) is 15.4. The maximum absolute atomic E-state index is 12.2. The third kappa shape index (κ3) is 7.00. The first-order valence-electron chi connectivity index (χ1n) is 8.69. The molecule has 27 heavy (non-hydrogen) atoms. The number of carbonyl (C=O) groups is 2. The molecule has 0 saturated carbocycles. The molecule has 0 atom stereocenters. The Bertz CT molecular complexity index is 751. The predicted molar refractivity (Wildman–Crippen MR) is 110 cm³/mol. The summed E-state index contributed by atoms with van der Waals surface area (Å²) in [4.78, 5) is 25.9. The monoisotopic (exact) mass is 454 g/mol. The zero-order chi connectivity index (χ0) is 19.6. The lowest BCUT2D eigenvalue weighted by Crippen LogP contribution is -2.36. The number of hydrogen-bond acceptors (Lipinski definition) is 6. The summed E-state index contributed by atoms with van der Waals surface area (Å²) in [7, 11) is 1.49. The molecule has 0 unspecified atom stereocenters. The quantitative estimate of drug-likeness (QED) is 0.592. The molecule has 146 valence electrons. The van der Waals surface area contributed by atoms with Crippen molar-refractivity contribution in [1.29, 1.82) is 0 Å². The molecule has 1 heterocycles. The summed E-state index contributed by atoms with van der Waals surface area (Å²) in [6, 6.07) is 7.72. The van der Waals surface area contributed by atoms with Crippen molar-refractivity contribution < 1.29 is 14.3 Å². The number of hydrogen-bond donors (Lipinski definition) is 1. The minimum atomic E-state index is -0.194. The van der Waals surface area contributed by atoms with Crippen molar-refractivity contribution >= 4 is 44.2 Å². The Kier molecular flexibility index (Phi) is 8.83. The van der Waals surface area contributed by atoms with Gasteiger partial charge in [0, 0.05) is 36.7 Å². The summed E-state index contributed by atoms with van der Waals surface area (Å²) < 4.78 is 5.89. The first kappa shape index (κ1) is 21.5. The van der Waals surface area contributed by atoms with Gasteiger partial charge in [0.2, 0.25) is 16.9 Å². The fraction of sp³-hybridized carbons (Fsp3) is 0.444. The first-order valence-corrected chi connectivity index (χ1v) is 10.3. The summed E-state index contributed by atoms with van der Waals surface area (Å²) in [5, 5.41) is 12.1. The van der Waals surface area contributed by atoms with Gasteiger partial charge in [0.15, 0.2) is 0 Å². The molecule has 0 aliphatic heterocycles. The van der Waals surface area contributed by atoms with Gasteiger partial charge in [-0.2, -0.15) is 0 Å². The van der Waals surface area contributed by atoms with Crippen LogP contribution in [0.5, 0.6) is 0 Å². The second-order valence-electron chi connectivity index (χ2n) is 5.88. The van der Waals surface area contributed by atoms with Crippen LogP contribution in [0.2, 0.25) is 0 Å². The van der Waals surface area contributed by atoms with Crippen LogP contribution in [0.4, 0.5) is 5.13 Å². The number of ether oxygens (including phenoxy) is 1. The number of halogens is 1. The lowest BCUT2D eigenvalue weighted by molar-refractivity contribution is -0.135. The SMILES string of the molecule is CCCCN(CCC(=O)Nc1nnc(-c2ccc(Br)cc2)s1)C(=O)COC. The van der Waals surface area contributed by atoms with Crippen LogP contribution in [-0.4, -0.2) is 53.7 Å². The summed E-state index contributed by atoms with van der Waals surface area (Å²) in [6.07, 6.45) is 2.07. The third-order valence-corrected chi connectivity index (χ3v) is 5.19. The lowest BCUT2D eigenvalue weighted by atomic mass is 10.2. The van der Waals surface area contributed by atoms with Crippen LogP contribution in [-0.2, 0) is 14.3 Å². The molecule has 0 aliphatic carbocycles. The number of benzene rings is 1. The normalized spacial score (nSPS) is 10.6. The van der Waals surface area contributed by atoms with Gasteiger partial charge in [0.05, 0.1) is 0 Å². The summed E-state index contributed by atoms with van der Waals surface area (Å²) >= 11 is 4.71. The molecule has 7 nitrogen and oxygen atoms in total. The Labute approximate surface area is 171 Å². The molecule has 0 fully saturated rings. The molecule has 2 amide bonds. The van der Waals surface area contributed by atoms with E-state index in [1.807, 2.05) is 24.3 Å². The molecule has 0 saturated heterocycles. The topological polar surface area (TPSA) is 84.4 Å². The number of rotatable bonds is 10. The molecular weight excluding hydrogens is 432 g/mol. The second-order valence-corrected chi connectivity index (χ2v) is 7.78. The largest absolute Gasteiger partial charge is 0.375 e. The van der Waals surface area contributed by atoms with E-state index in [0.29, 0.717) is 18.2 Å². The molecule has 2 rings (SSSR count). The number of methoxy groups -OCH3 is 1. The van der Waals surface area contributed by atoms with Gasteiger partial charge in [-0.3, -0.25) is 9.59 Å². The van der Waals surface area contributed by atoms with Gasteiger partial charge in [-0.1, -0.05) is 52.7 Å². The zero-order valence-corrected chi connectivity index (χ0v) is 17.8. The number of unbranched alkanes of at least 4 members (excludes halogenated alkanes) is 1. The standard InChI is InChI=1S/C18H23BrN4O3S/c1-3-4-10-23(16(25)12-26-2)11-9-15(24)20-18-22-21-17(27-18)13-5-7-14(19)8-6-13/h5-8H,3-4,9-12H2,1-2H3,(H,20,22,24). The van der Waals surface area contributed by atoms with Crippen LogP contribution in [0.1, 0.15) is 26.2 Å². The molecule has 1 aromatic heterocycles. The molecule has 0 spiro atoms. The fourth-order valence-corrected chi connectivity index (χ4v) is 3.36. The second kappa shape index (κ2) is 11.1. The summed E-state index contributed by atoms with van der Waals surface area (Å²) in [5.41, 5.74) is 0.937. The molecule has 9 heteroatoms. The van der Waals surface area contributed by atoms with E-state index in [2.05, 4.69) is 38.4 Å². The maximum atomic E-state index is 12.2. The Balaban J connectivity index is 1.89. The number of anilines is 1. The van der Waals surface area contributed by atoms with Crippen molar-refractivity contribution in [3.8, 4) is 10.6 Å². The highest BCUT2D eigenvalue weighted by molar-refractivity contribution is 9.10. The third-order valence-electron chi connectivity index (χ3n) is 3.77. The maximum Gasteiger partial charge on any atom is 0.248 e. The van der Waals surface area contributed by atoms with Crippen LogP contribution < -0.4 is 5.32 Å². The Morgan fingerprint density at radius 1 is 1.22 bits per heavy atom. The van der Waals surface area contributed by atoms with Gasteiger partial charge in [0.1, 0.15) is 11.6 Å². The number of amides is 2. The van der Waals surface area contributed by atoms with E-state index < -0.39 is 0 Å². The Hall–Kier alpha value is -1.84. The number of nitrogens with zero attached hydrogens (tertiary/aromatic N) is 3. The van der Waals surface area contributed by atoms with E-state index >= 15 is 0 Å². The van der Waals surface area contributed by atoms with E-state index in [-0.39, 0.29) is 24.8 Å². The highest BCUT2D eigenvalue weighted by atomic mass is 79.9. The molecule has 0 radical (unpaired) electrons. The smallest absolute Gasteiger partial charge is 0.248 e. The van der Waals surface area contributed by atoms with Crippen molar-refractivity contribution in [3.63, 3.8) is 0 Å². The molecule has 1 aromatic carbocycles. The molecule has 2 aromatic rings. The summed E-state index contributed by atoms with van der Waals surface area (Å²) in [6.45, 7) is 3.06. The van der Waals surface area contributed by atoms with E-state index in [4.69, 9.17) is 4.74 Å².